The summed E-state index contributed by atoms with van der Waals surface area (Å²) >= 11 is 0. The average Bonchev–Trinajstić information content (AvgIpc) is 2.47. The van der Waals surface area contributed by atoms with E-state index in [-0.39, 0.29) is 18.0 Å². The molecule has 22 heavy (non-hydrogen) atoms. The first-order chi connectivity index (χ1) is 10.2. The second-order valence-electron chi connectivity index (χ2n) is 5.91. The Hall–Kier alpha value is -1.43. The number of nitrogens with zero attached hydrogens (tertiary/aromatic N) is 3. The minimum absolute atomic E-state index is 0. The van der Waals surface area contributed by atoms with Crippen LogP contribution in [0.1, 0.15) is 25.5 Å². The van der Waals surface area contributed by atoms with Gasteiger partial charge in [0, 0.05) is 31.4 Å². The fourth-order valence-electron chi connectivity index (χ4n) is 3.30. The van der Waals surface area contributed by atoms with Crippen LogP contribution in [0.2, 0.25) is 0 Å². The van der Waals surface area contributed by atoms with Gasteiger partial charge in [-0.05, 0) is 37.4 Å². The van der Waals surface area contributed by atoms with Gasteiger partial charge in [-0.3, -0.25) is 14.1 Å². The maximum absolute atomic E-state index is 12.1. The molecule has 0 spiro atoms. The molecule has 2 N–H and O–H groups in total. The van der Waals surface area contributed by atoms with Gasteiger partial charge >= 0.3 is 0 Å². The van der Waals surface area contributed by atoms with Crippen molar-refractivity contribution in [1.29, 1.82) is 0 Å². The van der Waals surface area contributed by atoms with Crippen molar-refractivity contribution >= 4 is 18.1 Å². The summed E-state index contributed by atoms with van der Waals surface area (Å²) < 4.78 is 1.57. The molecule has 2 atom stereocenters. The van der Waals surface area contributed by atoms with Crippen molar-refractivity contribution in [3.63, 3.8) is 0 Å². The first kappa shape index (κ1) is 16.9. The van der Waals surface area contributed by atoms with Crippen molar-refractivity contribution in [2.75, 3.05) is 13.1 Å². The number of pyridine rings is 1. The van der Waals surface area contributed by atoms with Crippen LogP contribution in [-0.4, -0.2) is 33.4 Å². The summed E-state index contributed by atoms with van der Waals surface area (Å²) in [5.41, 5.74) is 7.44. The van der Waals surface area contributed by atoms with E-state index in [1.165, 1.54) is 12.8 Å². The Balaban J connectivity index is 0.00000176. The molecule has 6 heteroatoms. The molecule has 0 saturated carbocycles. The van der Waals surface area contributed by atoms with Gasteiger partial charge < -0.3 is 5.73 Å². The summed E-state index contributed by atoms with van der Waals surface area (Å²) in [6, 6.07) is 7.63. The maximum atomic E-state index is 12.1. The van der Waals surface area contributed by atoms with E-state index in [9.17, 15) is 4.79 Å². The van der Waals surface area contributed by atoms with Crippen LogP contribution < -0.4 is 11.3 Å². The molecule has 0 amide bonds. The summed E-state index contributed by atoms with van der Waals surface area (Å²) in [5.74, 6) is 0.602. The predicted octanol–water partition coefficient (Wildman–Crippen LogP) is 1.68. The molecule has 3 heterocycles. The van der Waals surface area contributed by atoms with Gasteiger partial charge in [-0.2, -0.15) is 0 Å². The van der Waals surface area contributed by atoms with E-state index in [4.69, 9.17) is 5.73 Å². The number of piperidine rings is 1. The predicted molar refractivity (Wildman–Crippen MR) is 90.4 cm³/mol. The van der Waals surface area contributed by atoms with Crippen molar-refractivity contribution in [3.8, 4) is 0 Å². The highest BCUT2D eigenvalue weighted by atomic mass is 35.5. The minimum Gasteiger partial charge on any atom is -0.329 e. The number of hydrogen-bond donors (Lipinski definition) is 1. The van der Waals surface area contributed by atoms with Crippen molar-refractivity contribution in [1.82, 2.24) is 14.3 Å². The molecule has 120 valence electrons. The van der Waals surface area contributed by atoms with Crippen molar-refractivity contribution in [3.05, 3.63) is 46.5 Å². The normalized spacial score (nSPS) is 22.5. The molecule has 5 nitrogen and oxygen atoms in total. The Labute approximate surface area is 136 Å². The van der Waals surface area contributed by atoms with Crippen molar-refractivity contribution in [2.45, 2.75) is 32.4 Å². The van der Waals surface area contributed by atoms with E-state index >= 15 is 0 Å². The van der Waals surface area contributed by atoms with Crippen molar-refractivity contribution < 1.29 is 0 Å². The van der Waals surface area contributed by atoms with Gasteiger partial charge in [0.2, 0.25) is 0 Å². The molecule has 1 aliphatic heterocycles. The number of halogens is 1. The Morgan fingerprint density at radius 1 is 1.41 bits per heavy atom. The van der Waals surface area contributed by atoms with Crippen LogP contribution in [0.15, 0.2) is 35.3 Å². The zero-order valence-electron chi connectivity index (χ0n) is 12.8. The summed E-state index contributed by atoms with van der Waals surface area (Å²) in [4.78, 5) is 19.1. The molecule has 1 fully saturated rings. The van der Waals surface area contributed by atoms with Gasteiger partial charge in [-0.25, -0.2) is 4.98 Å². The molecule has 1 aliphatic rings. The molecule has 2 aromatic heterocycles. The highest BCUT2D eigenvalue weighted by molar-refractivity contribution is 5.85. The van der Waals surface area contributed by atoms with E-state index in [0.717, 1.165) is 12.2 Å². The molecule has 1 saturated heterocycles. The third kappa shape index (κ3) is 3.32. The first-order valence-electron chi connectivity index (χ1n) is 7.60. The topological polar surface area (TPSA) is 63.6 Å². The molecule has 0 aliphatic carbocycles. The lowest BCUT2D eigenvalue weighted by Gasteiger charge is -2.39. The summed E-state index contributed by atoms with van der Waals surface area (Å²) in [7, 11) is 0. The van der Waals surface area contributed by atoms with Crippen LogP contribution in [0.25, 0.3) is 5.65 Å². The molecule has 2 aromatic rings. The Morgan fingerprint density at radius 3 is 3.00 bits per heavy atom. The van der Waals surface area contributed by atoms with E-state index in [1.807, 2.05) is 18.2 Å². The van der Waals surface area contributed by atoms with Crippen LogP contribution >= 0.6 is 12.4 Å². The first-order valence-corrected chi connectivity index (χ1v) is 7.60. The fraction of sp³-hybridized carbons (Fsp3) is 0.500. The number of hydrogen-bond acceptors (Lipinski definition) is 4. The minimum atomic E-state index is -0.0232. The third-order valence-electron chi connectivity index (χ3n) is 4.46. The number of nitrogens with two attached hydrogens (primary N) is 1. The highest BCUT2D eigenvalue weighted by Gasteiger charge is 2.27. The highest BCUT2D eigenvalue weighted by Crippen LogP contribution is 2.23. The average molecular weight is 323 g/mol. The molecule has 2 unspecified atom stereocenters. The third-order valence-corrected chi connectivity index (χ3v) is 4.46. The zero-order chi connectivity index (χ0) is 14.8. The van der Waals surface area contributed by atoms with Gasteiger partial charge in [-0.15, -0.1) is 12.4 Å². The van der Waals surface area contributed by atoms with Gasteiger partial charge in [0.25, 0.3) is 5.56 Å². The summed E-state index contributed by atoms with van der Waals surface area (Å²) in [6.45, 7) is 4.65. The van der Waals surface area contributed by atoms with Crippen LogP contribution in [0, 0.1) is 5.92 Å². The second kappa shape index (κ2) is 7.22. The maximum Gasteiger partial charge on any atom is 0.258 e. The molecule has 0 aromatic carbocycles. The summed E-state index contributed by atoms with van der Waals surface area (Å²) in [5, 5.41) is 0. The number of likely N-dealkylation sites (tertiary alicyclic amines) is 1. The Morgan fingerprint density at radius 2 is 2.23 bits per heavy atom. The summed E-state index contributed by atoms with van der Waals surface area (Å²) in [6.07, 6.45) is 4.16. The molecular weight excluding hydrogens is 300 g/mol. The fourth-order valence-corrected chi connectivity index (χ4v) is 3.30. The van der Waals surface area contributed by atoms with Crippen LogP contribution in [0.4, 0.5) is 0 Å². The van der Waals surface area contributed by atoms with Gasteiger partial charge in [0.1, 0.15) is 5.65 Å². The molecular formula is C16H23ClN4O. The quantitative estimate of drug-likeness (QED) is 0.933. The van der Waals surface area contributed by atoms with E-state index in [1.54, 1.807) is 16.7 Å². The lowest BCUT2D eigenvalue weighted by molar-refractivity contribution is 0.0978. The standard InChI is InChI=1S/C16H22N4O.ClH/c1-12-5-4-7-19(14(12)10-17)11-13-9-16(21)20-8-3-2-6-15(20)18-13;/h2-3,6,8-9,12,14H,4-5,7,10-11,17H2,1H3;1H. The second-order valence-corrected chi connectivity index (χ2v) is 5.91. The van der Waals surface area contributed by atoms with Crippen LogP contribution in [0.3, 0.4) is 0 Å². The molecule has 0 bridgehead atoms. The van der Waals surface area contributed by atoms with Gasteiger partial charge in [-0.1, -0.05) is 13.0 Å². The zero-order valence-corrected chi connectivity index (χ0v) is 13.6. The largest absolute Gasteiger partial charge is 0.329 e. The van der Waals surface area contributed by atoms with Gasteiger partial charge in [0.15, 0.2) is 0 Å². The van der Waals surface area contributed by atoms with E-state index in [2.05, 4.69) is 16.8 Å². The Kier molecular flexibility index (Phi) is 5.56. The number of rotatable bonds is 3. The van der Waals surface area contributed by atoms with Crippen LogP contribution in [-0.2, 0) is 6.54 Å². The monoisotopic (exact) mass is 322 g/mol. The Bertz CT molecular complexity index is 687. The molecule has 3 rings (SSSR count). The number of fused-ring (bicyclic) bond motifs is 1. The smallest absolute Gasteiger partial charge is 0.258 e. The van der Waals surface area contributed by atoms with E-state index in [0.29, 0.717) is 30.7 Å². The van der Waals surface area contributed by atoms with Gasteiger partial charge in [0.05, 0.1) is 5.69 Å². The molecule has 0 radical (unpaired) electrons. The van der Waals surface area contributed by atoms with Crippen LogP contribution in [0.5, 0.6) is 0 Å². The lowest BCUT2D eigenvalue weighted by Crippen LogP contribution is -2.48. The SMILES string of the molecule is CC1CCCN(Cc2cc(=O)n3ccccc3n2)C1CN.Cl. The lowest BCUT2D eigenvalue weighted by atomic mass is 9.90. The number of aromatic nitrogens is 2. The van der Waals surface area contributed by atoms with Crippen molar-refractivity contribution in [2.24, 2.45) is 11.7 Å². The van der Waals surface area contributed by atoms with E-state index < -0.39 is 0 Å².